The Bertz CT molecular complexity index is 296. The molecule has 1 unspecified atom stereocenters. The van der Waals surface area contributed by atoms with E-state index >= 15 is 0 Å². The van der Waals surface area contributed by atoms with E-state index in [9.17, 15) is 4.79 Å². The Morgan fingerprint density at radius 2 is 2.29 bits per heavy atom. The maximum absolute atomic E-state index is 11.7. The number of esters is 1. The van der Waals surface area contributed by atoms with E-state index < -0.39 is 12.3 Å². The standard InChI is InChI=1S/C11H22BNO4/c1-11(2,3)16-10(14)8-9-4-5-12(17-9)13-6-7-15-12/h9H,4-8,13H2,1-3H3/t9-,12?/m0/s1. The highest BCUT2D eigenvalue weighted by atomic mass is 16.6. The van der Waals surface area contributed by atoms with Crippen molar-refractivity contribution in [1.29, 1.82) is 0 Å². The largest absolute Gasteiger partial charge is 0.511 e. The highest BCUT2D eigenvalue weighted by Gasteiger charge is 2.46. The number of quaternary nitrogens is 1. The van der Waals surface area contributed by atoms with Gasteiger partial charge in [0.25, 0.3) is 0 Å². The first-order chi connectivity index (χ1) is 7.89. The first kappa shape index (κ1) is 12.9. The van der Waals surface area contributed by atoms with Gasteiger partial charge in [0.2, 0.25) is 0 Å². The fourth-order valence-corrected chi connectivity index (χ4v) is 2.55. The van der Waals surface area contributed by atoms with Crippen LogP contribution in [0, 0.1) is 0 Å². The number of ether oxygens (including phenoxy) is 1. The van der Waals surface area contributed by atoms with E-state index in [2.05, 4.69) is 5.23 Å². The van der Waals surface area contributed by atoms with Gasteiger partial charge in [-0.15, -0.1) is 0 Å². The van der Waals surface area contributed by atoms with Gasteiger partial charge < -0.3 is 19.3 Å². The van der Waals surface area contributed by atoms with Gasteiger partial charge >= 0.3 is 12.7 Å². The van der Waals surface area contributed by atoms with Crippen molar-refractivity contribution in [2.45, 2.75) is 51.6 Å². The van der Waals surface area contributed by atoms with Crippen molar-refractivity contribution in [2.75, 3.05) is 13.2 Å². The normalized spacial score (nSPS) is 33.2. The molecule has 5 nitrogen and oxygen atoms in total. The molecule has 2 fully saturated rings. The Morgan fingerprint density at radius 1 is 1.53 bits per heavy atom. The monoisotopic (exact) mass is 243 g/mol. The van der Waals surface area contributed by atoms with Crippen LogP contribution in [0.2, 0.25) is 6.32 Å². The van der Waals surface area contributed by atoms with Crippen molar-refractivity contribution in [2.24, 2.45) is 0 Å². The van der Waals surface area contributed by atoms with E-state index in [0.717, 1.165) is 25.9 Å². The lowest BCUT2D eigenvalue weighted by Gasteiger charge is -2.26. The maximum Gasteiger partial charge on any atom is 0.469 e. The topological polar surface area (TPSA) is 61.4 Å². The van der Waals surface area contributed by atoms with Crippen LogP contribution in [0.15, 0.2) is 0 Å². The Labute approximate surface area is 102 Å². The predicted octanol–water partition coefficient (Wildman–Crippen LogP) is 0.0396. The SMILES string of the molecule is CC(C)(C)OC(=O)C[C@@H]1CC[B-]2([NH2+]CCO2)O1. The van der Waals surface area contributed by atoms with Gasteiger partial charge in [-0.05, 0) is 20.8 Å². The van der Waals surface area contributed by atoms with Crippen LogP contribution in [0.4, 0.5) is 0 Å². The predicted molar refractivity (Wildman–Crippen MR) is 63.3 cm³/mol. The molecular formula is C11H22BNO4. The average molecular weight is 243 g/mol. The molecular weight excluding hydrogens is 221 g/mol. The van der Waals surface area contributed by atoms with E-state index in [0.29, 0.717) is 6.42 Å². The molecule has 0 amide bonds. The summed E-state index contributed by atoms with van der Waals surface area (Å²) in [6.45, 7) is 6.16. The molecule has 17 heavy (non-hydrogen) atoms. The highest BCUT2D eigenvalue weighted by Crippen LogP contribution is 2.27. The van der Waals surface area contributed by atoms with Crippen LogP contribution in [0.1, 0.15) is 33.6 Å². The van der Waals surface area contributed by atoms with Crippen LogP contribution in [0.25, 0.3) is 0 Å². The second kappa shape index (κ2) is 4.59. The zero-order valence-electron chi connectivity index (χ0n) is 10.9. The number of carbonyl (C=O) groups is 1. The summed E-state index contributed by atoms with van der Waals surface area (Å²) in [4.78, 5) is 11.7. The van der Waals surface area contributed by atoms with Crippen molar-refractivity contribution in [1.82, 2.24) is 0 Å². The molecule has 2 aliphatic heterocycles. The summed E-state index contributed by atoms with van der Waals surface area (Å²) in [6, 6.07) is 0. The van der Waals surface area contributed by atoms with Crippen LogP contribution in [0.3, 0.4) is 0 Å². The van der Waals surface area contributed by atoms with Gasteiger partial charge in [-0.3, -0.25) is 4.79 Å². The molecule has 2 N–H and O–H groups in total. The van der Waals surface area contributed by atoms with E-state index in [4.69, 9.17) is 14.0 Å². The van der Waals surface area contributed by atoms with Crippen molar-refractivity contribution in [3.8, 4) is 0 Å². The van der Waals surface area contributed by atoms with E-state index in [1.165, 1.54) is 0 Å². The minimum absolute atomic E-state index is 0.0424. The number of carbonyl (C=O) groups excluding carboxylic acids is 1. The summed E-state index contributed by atoms with van der Waals surface area (Å²) < 4.78 is 16.8. The Balaban J connectivity index is 1.79. The van der Waals surface area contributed by atoms with Gasteiger partial charge in [0.1, 0.15) is 5.60 Å². The Hall–Kier alpha value is -0.585. The van der Waals surface area contributed by atoms with E-state index in [1.54, 1.807) is 0 Å². The Kier molecular flexibility index (Phi) is 3.47. The number of rotatable bonds is 2. The summed E-state index contributed by atoms with van der Waals surface area (Å²) in [5, 5.41) is 2.13. The molecule has 0 aromatic rings. The van der Waals surface area contributed by atoms with Gasteiger partial charge in [0.05, 0.1) is 19.6 Å². The molecule has 98 valence electrons. The molecule has 2 saturated heterocycles. The minimum Gasteiger partial charge on any atom is -0.511 e. The lowest BCUT2D eigenvalue weighted by Crippen LogP contribution is -2.97. The molecule has 2 rings (SSSR count). The minimum atomic E-state index is -1.17. The summed E-state index contributed by atoms with van der Waals surface area (Å²) in [5.41, 5.74) is -0.422. The molecule has 2 heterocycles. The van der Waals surface area contributed by atoms with Crippen molar-refractivity contribution >= 4 is 12.7 Å². The van der Waals surface area contributed by atoms with Gasteiger partial charge in [0.15, 0.2) is 0 Å². The first-order valence-electron chi connectivity index (χ1n) is 6.43. The van der Waals surface area contributed by atoms with E-state index in [-0.39, 0.29) is 12.1 Å². The van der Waals surface area contributed by atoms with Gasteiger partial charge in [-0.2, -0.15) is 0 Å². The van der Waals surface area contributed by atoms with Crippen LogP contribution in [-0.4, -0.2) is 37.5 Å². The van der Waals surface area contributed by atoms with Crippen molar-refractivity contribution in [3.05, 3.63) is 0 Å². The van der Waals surface area contributed by atoms with Crippen LogP contribution in [0.5, 0.6) is 0 Å². The fourth-order valence-electron chi connectivity index (χ4n) is 2.55. The number of hydrogen-bond acceptors (Lipinski definition) is 4. The van der Waals surface area contributed by atoms with E-state index in [1.807, 2.05) is 20.8 Å². The smallest absolute Gasteiger partial charge is 0.469 e. The molecule has 0 aliphatic carbocycles. The molecule has 0 radical (unpaired) electrons. The van der Waals surface area contributed by atoms with Crippen molar-refractivity contribution in [3.63, 3.8) is 0 Å². The molecule has 0 bridgehead atoms. The van der Waals surface area contributed by atoms with Crippen LogP contribution < -0.4 is 5.23 Å². The zero-order valence-corrected chi connectivity index (χ0v) is 10.9. The van der Waals surface area contributed by atoms with Crippen LogP contribution in [-0.2, 0) is 18.8 Å². The third-order valence-corrected chi connectivity index (χ3v) is 3.17. The van der Waals surface area contributed by atoms with Crippen molar-refractivity contribution < 1.29 is 24.1 Å². The lowest BCUT2D eigenvalue weighted by molar-refractivity contribution is -0.535. The highest BCUT2D eigenvalue weighted by molar-refractivity contribution is 6.59. The molecule has 1 spiro atoms. The maximum atomic E-state index is 11.7. The van der Waals surface area contributed by atoms with Gasteiger partial charge in [0, 0.05) is 6.10 Å². The molecule has 2 aliphatic rings. The summed E-state index contributed by atoms with van der Waals surface area (Å²) in [7, 11) is 0. The number of nitrogens with two attached hydrogens (primary N) is 1. The summed E-state index contributed by atoms with van der Waals surface area (Å²) >= 11 is 0. The Morgan fingerprint density at radius 3 is 2.88 bits per heavy atom. The molecule has 2 atom stereocenters. The molecule has 6 heteroatoms. The zero-order chi connectivity index (χ0) is 12.5. The fraction of sp³-hybridized carbons (Fsp3) is 0.909. The van der Waals surface area contributed by atoms with Gasteiger partial charge in [-0.25, -0.2) is 0 Å². The average Bonchev–Trinajstić information content (AvgIpc) is 2.75. The third-order valence-electron chi connectivity index (χ3n) is 3.17. The number of hydrogen-bond donors (Lipinski definition) is 1. The molecule has 0 aromatic carbocycles. The molecule has 0 saturated carbocycles. The third kappa shape index (κ3) is 3.44. The van der Waals surface area contributed by atoms with Gasteiger partial charge in [-0.1, -0.05) is 12.7 Å². The second-order valence-electron chi connectivity index (χ2n) is 5.96. The quantitative estimate of drug-likeness (QED) is 0.549. The summed E-state index contributed by atoms with van der Waals surface area (Å²) in [5.74, 6) is -0.187. The first-order valence-corrected chi connectivity index (χ1v) is 6.43. The second-order valence-corrected chi connectivity index (χ2v) is 5.96. The van der Waals surface area contributed by atoms with Crippen LogP contribution >= 0.6 is 0 Å². The lowest BCUT2D eigenvalue weighted by atomic mass is 9.70. The molecule has 0 aromatic heterocycles. The summed E-state index contributed by atoms with van der Waals surface area (Å²) in [6.07, 6.45) is 2.08.